The minimum atomic E-state index is 0.171. The Hall–Kier alpha value is -3.25. The second kappa shape index (κ2) is 8.01. The van der Waals surface area contributed by atoms with Crippen LogP contribution in [0.4, 0.5) is 5.82 Å². The van der Waals surface area contributed by atoms with Gasteiger partial charge in [-0.1, -0.05) is 60.7 Å². The summed E-state index contributed by atoms with van der Waals surface area (Å²) in [5.41, 5.74) is 2.98. The van der Waals surface area contributed by atoms with Crippen molar-refractivity contribution in [2.75, 3.05) is 18.5 Å². The summed E-state index contributed by atoms with van der Waals surface area (Å²) in [7, 11) is 0. The van der Waals surface area contributed by atoms with Gasteiger partial charge in [-0.05, 0) is 36.5 Å². The molecular weight excluding hydrogens is 362 g/mol. The first-order valence-corrected chi connectivity index (χ1v) is 10.0. The molecule has 0 saturated carbocycles. The fraction of sp³-hybridized carbons (Fsp3) is 0.261. The summed E-state index contributed by atoms with van der Waals surface area (Å²) in [4.78, 5) is 0. The molecule has 0 bridgehead atoms. The van der Waals surface area contributed by atoms with Crippen LogP contribution in [0.15, 0.2) is 72.8 Å². The lowest BCUT2D eigenvalue weighted by Crippen LogP contribution is -2.17. The highest BCUT2D eigenvalue weighted by molar-refractivity contribution is 5.59. The molecule has 6 nitrogen and oxygen atoms in total. The van der Waals surface area contributed by atoms with E-state index in [2.05, 4.69) is 39.8 Å². The highest BCUT2D eigenvalue weighted by atomic mass is 16.5. The average Bonchev–Trinajstić information content (AvgIpc) is 3.44. The Bertz CT molecular complexity index is 1070. The van der Waals surface area contributed by atoms with E-state index in [0.29, 0.717) is 5.92 Å². The van der Waals surface area contributed by atoms with Crippen LogP contribution in [0.1, 0.15) is 24.4 Å². The van der Waals surface area contributed by atoms with Gasteiger partial charge in [-0.2, -0.15) is 4.52 Å². The maximum Gasteiger partial charge on any atom is 0.185 e. The zero-order valence-corrected chi connectivity index (χ0v) is 16.1. The van der Waals surface area contributed by atoms with Crippen LogP contribution in [-0.2, 0) is 4.74 Å². The van der Waals surface area contributed by atoms with Gasteiger partial charge in [0.15, 0.2) is 11.5 Å². The van der Waals surface area contributed by atoms with Crippen LogP contribution in [0.25, 0.3) is 17.0 Å². The van der Waals surface area contributed by atoms with Crippen molar-refractivity contribution in [2.45, 2.75) is 18.9 Å². The van der Waals surface area contributed by atoms with Crippen molar-refractivity contribution in [3.63, 3.8) is 0 Å². The number of benzene rings is 2. The fourth-order valence-electron chi connectivity index (χ4n) is 3.88. The van der Waals surface area contributed by atoms with Crippen LogP contribution < -0.4 is 5.32 Å². The van der Waals surface area contributed by atoms with Gasteiger partial charge in [0, 0.05) is 18.8 Å². The van der Waals surface area contributed by atoms with Gasteiger partial charge in [0.05, 0.1) is 6.04 Å². The largest absolute Gasteiger partial charge is 0.381 e. The summed E-state index contributed by atoms with van der Waals surface area (Å²) in [6, 6.07) is 24.7. The minimum absolute atomic E-state index is 0.171. The van der Waals surface area contributed by atoms with Crippen molar-refractivity contribution >= 4 is 11.5 Å². The van der Waals surface area contributed by atoms with E-state index >= 15 is 0 Å². The Morgan fingerprint density at radius 3 is 2.52 bits per heavy atom. The number of fused-ring (bicyclic) bond motifs is 1. The molecule has 2 atom stereocenters. The zero-order chi connectivity index (χ0) is 19.5. The van der Waals surface area contributed by atoms with Gasteiger partial charge in [0.25, 0.3) is 0 Å². The number of nitrogens with one attached hydrogen (secondary N) is 1. The lowest BCUT2D eigenvalue weighted by Gasteiger charge is -2.22. The van der Waals surface area contributed by atoms with E-state index in [0.717, 1.165) is 48.9 Å². The molecule has 2 unspecified atom stereocenters. The Balaban J connectivity index is 1.46. The van der Waals surface area contributed by atoms with Gasteiger partial charge < -0.3 is 10.1 Å². The Kier molecular flexibility index (Phi) is 4.92. The zero-order valence-electron chi connectivity index (χ0n) is 16.1. The molecule has 2 aromatic carbocycles. The number of rotatable bonds is 6. The first-order chi connectivity index (χ1) is 14.4. The Labute approximate surface area is 169 Å². The van der Waals surface area contributed by atoms with E-state index in [1.165, 1.54) is 5.56 Å². The molecule has 1 N–H and O–H groups in total. The van der Waals surface area contributed by atoms with Gasteiger partial charge >= 0.3 is 0 Å². The van der Waals surface area contributed by atoms with Crippen LogP contribution in [0.5, 0.6) is 0 Å². The molecule has 0 amide bonds. The van der Waals surface area contributed by atoms with Gasteiger partial charge in [-0.15, -0.1) is 15.3 Å². The summed E-state index contributed by atoms with van der Waals surface area (Å²) >= 11 is 0. The van der Waals surface area contributed by atoms with Crippen LogP contribution >= 0.6 is 0 Å². The molecule has 0 radical (unpaired) electrons. The van der Waals surface area contributed by atoms with Crippen molar-refractivity contribution in [1.29, 1.82) is 0 Å². The predicted octanol–water partition coefficient (Wildman–Crippen LogP) is 4.37. The third-order valence-electron chi connectivity index (χ3n) is 5.41. The van der Waals surface area contributed by atoms with Crippen molar-refractivity contribution in [1.82, 2.24) is 19.8 Å². The summed E-state index contributed by atoms with van der Waals surface area (Å²) in [5, 5.41) is 17.0. The van der Waals surface area contributed by atoms with E-state index in [1.54, 1.807) is 4.52 Å². The molecule has 0 aliphatic carbocycles. The molecule has 0 spiro atoms. The standard InChI is InChI=1S/C23H23N5O/c1-3-7-18(8-4-1)20(15-17-13-14-29-16-17)24-21-11-12-22-25-26-23(28(22)27-21)19-9-5-2-6-10-19/h1-12,17,20H,13-16H2,(H,24,27). The molecule has 6 heteroatoms. The van der Waals surface area contributed by atoms with Crippen molar-refractivity contribution < 1.29 is 4.74 Å². The summed E-state index contributed by atoms with van der Waals surface area (Å²) in [6.45, 7) is 1.69. The predicted molar refractivity (Wildman–Crippen MR) is 113 cm³/mol. The minimum Gasteiger partial charge on any atom is -0.381 e. The number of nitrogens with zero attached hydrogens (tertiary/aromatic N) is 4. The fourth-order valence-corrected chi connectivity index (χ4v) is 3.88. The highest BCUT2D eigenvalue weighted by Gasteiger charge is 2.22. The molecule has 146 valence electrons. The third kappa shape index (κ3) is 3.84. The van der Waals surface area contributed by atoms with E-state index < -0.39 is 0 Å². The molecule has 4 aromatic rings. The van der Waals surface area contributed by atoms with E-state index in [4.69, 9.17) is 9.84 Å². The first-order valence-electron chi connectivity index (χ1n) is 10.0. The SMILES string of the molecule is c1ccc(-c2nnc3ccc(NC(CC4CCOC4)c4ccccc4)nn23)cc1. The molecule has 2 aromatic heterocycles. The monoisotopic (exact) mass is 385 g/mol. The van der Waals surface area contributed by atoms with Crippen molar-refractivity contribution in [2.24, 2.45) is 5.92 Å². The van der Waals surface area contributed by atoms with Crippen molar-refractivity contribution in [3.05, 3.63) is 78.4 Å². The van der Waals surface area contributed by atoms with E-state index in [1.807, 2.05) is 48.5 Å². The summed E-state index contributed by atoms with van der Waals surface area (Å²) in [5.74, 6) is 2.11. The third-order valence-corrected chi connectivity index (χ3v) is 5.41. The number of aromatic nitrogens is 4. The second-order valence-corrected chi connectivity index (χ2v) is 7.45. The van der Waals surface area contributed by atoms with Crippen molar-refractivity contribution in [3.8, 4) is 11.4 Å². The van der Waals surface area contributed by atoms with E-state index in [-0.39, 0.29) is 6.04 Å². The summed E-state index contributed by atoms with van der Waals surface area (Å²) in [6.07, 6.45) is 2.12. The number of hydrogen-bond acceptors (Lipinski definition) is 5. The van der Waals surface area contributed by atoms with Crippen LogP contribution in [0, 0.1) is 5.92 Å². The molecule has 3 heterocycles. The van der Waals surface area contributed by atoms with Crippen LogP contribution in [-0.4, -0.2) is 33.0 Å². The van der Waals surface area contributed by atoms with Crippen LogP contribution in [0.3, 0.4) is 0 Å². The lowest BCUT2D eigenvalue weighted by atomic mass is 9.94. The Morgan fingerprint density at radius 2 is 1.76 bits per heavy atom. The van der Waals surface area contributed by atoms with Gasteiger partial charge in [-0.25, -0.2) is 0 Å². The average molecular weight is 385 g/mol. The Morgan fingerprint density at radius 1 is 0.966 bits per heavy atom. The first kappa shape index (κ1) is 17.8. The second-order valence-electron chi connectivity index (χ2n) is 7.45. The quantitative estimate of drug-likeness (QED) is 0.534. The number of ether oxygens (including phenoxy) is 1. The van der Waals surface area contributed by atoms with Gasteiger partial charge in [0.1, 0.15) is 5.82 Å². The topological polar surface area (TPSA) is 64.3 Å². The smallest absolute Gasteiger partial charge is 0.185 e. The molecular formula is C23H23N5O. The molecule has 1 aliphatic heterocycles. The molecule has 1 saturated heterocycles. The maximum absolute atomic E-state index is 5.59. The van der Waals surface area contributed by atoms with E-state index in [9.17, 15) is 0 Å². The maximum atomic E-state index is 5.59. The summed E-state index contributed by atoms with van der Waals surface area (Å²) < 4.78 is 7.40. The van der Waals surface area contributed by atoms with Gasteiger partial charge in [0.2, 0.25) is 0 Å². The highest BCUT2D eigenvalue weighted by Crippen LogP contribution is 2.29. The molecule has 1 aliphatic rings. The molecule has 1 fully saturated rings. The van der Waals surface area contributed by atoms with Gasteiger partial charge in [-0.3, -0.25) is 0 Å². The number of anilines is 1. The molecule has 5 rings (SSSR count). The van der Waals surface area contributed by atoms with Crippen LogP contribution in [0.2, 0.25) is 0 Å². The number of hydrogen-bond donors (Lipinski definition) is 1. The lowest BCUT2D eigenvalue weighted by molar-refractivity contribution is 0.183. The molecule has 29 heavy (non-hydrogen) atoms. The normalized spacial score (nSPS) is 17.4.